The van der Waals surface area contributed by atoms with Gasteiger partial charge in [0, 0.05) is 38.7 Å². The minimum Gasteiger partial charge on any atom is -0.497 e. The number of hydroxylamine groups is 2. The molecule has 0 aliphatic carbocycles. The Bertz CT molecular complexity index is 1060. The van der Waals surface area contributed by atoms with Gasteiger partial charge in [-0.15, -0.1) is 0 Å². The number of piperidine rings is 1. The van der Waals surface area contributed by atoms with Gasteiger partial charge in [0.1, 0.15) is 17.1 Å². The number of nitrogens with zero attached hydrogens (tertiary/aromatic N) is 4. The number of aromatic nitrogens is 2. The van der Waals surface area contributed by atoms with Crippen molar-refractivity contribution in [3.63, 3.8) is 0 Å². The molecule has 2 aliphatic rings. The van der Waals surface area contributed by atoms with E-state index in [1.54, 1.807) is 48.2 Å². The minimum absolute atomic E-state index is 0.162. The largest absolute Gasteiger partial charge is 0.497 e. The fraction of sp³-hybridized carbons (Fsp3) is 0.391. The van der Waals surface area contributed by atoms with Gasteiger partial charge in [-0.2, -0.15) is 5.10 Å². The number of dihydropyridines is 1. The number of carbonyl (C=O) groups excluding carboxylic acids is 1. The summed E-state index contributed by atoms with van der Waals surface area (Å²) in [6, 6.07) is 6.78. The average Bonchev–Trinajstić information content (AvgIpc) is 3.20. The number of halogens is 1. The van der Waals surface area contributed by atoms with Crippen molar-refractivity contribution in [2.45, 2.75) is 25.0 Å². The van der Waals surface area contributed by atoms with Crippen LogP contribution < -0.4 is 10.1 Å². The van der Waals surface area contributed by atoms with E-state index in [-0.39, 0.29) is 5.92 Å². The Hall–Kier alpha value is -3.37. The van der Waals surface area contributed by atoms with E-state index in [1.165, 1.54) is 7.05 Å². The molecular weight excluding hydrogens is 429 g/mol. The molecule has 1 fully saturated rings. The third-order valence-corrected chi connectivity index (χ3v) is 6.01. The third kappa shape index (κ3) is 4.44. The predicted molar refractivity (Wildman–Crippen MR) is 120 cm³/mol. The third-order valence-electron chi connectivity index (χ3n) is 6.01. The van der Waals surface area contributed by atoms with Crippen molar-refractivity contribution in [3.8, 4) is 11.4 Å². The van der Waals surface area contributed by atoms with E-state index in [2.05, 4.69) is 5.32 Å². The van der Waals surface area contributed by atoms with Gasteiger partial charge in [-0.25, -0.2) is 18.9 Å². The van der Waals surface area contributed by atoms with Gasteiger partial charge >= 0.3 is 6.03 Å². The zero-order chi connectivity index (χ0) is 23.5. The molecule has 1 aromatic carbocycles. The van der Waals surface area contributed by atoms with E-state index in [1.807, 2.05) is 18.2 Å². The molecule has 9 nitrogen and oxygen atoms in total. The number of methoxy groups -OCH3 is 2. The number of urea groups is 1. The Balaban J connectivity index is 1.72. The average molecular weight is 458 g/mol. The first-order valence-electron chi connectivity index (χ1n) is 10.7. The number of amides is 2. The second-order valence-electron chi connectivity index (χ2n) is 7.99. The highest BCUT2D eigenvalue weighted by Gasteiger charge is 2.33. The molecule has 4 rings (SSSR count). The van der Waals surface area contributed by atoms with E-state index in [0.717, 1.165) is 0 Å². The van der Waals surface area contributed by atoms with Gasteiger partial charge in [-0.3, -0.25) is 5.21 Å². The molecule has 0 radical (unpaired) electrons. The summed E-state index contributed by atoms with van der Waals surface area (Å²) in [6.45, 7) is 0.818. The van der Waals surface area contributed by atoms with Crippen LogP contribution in [-0.2, 0) is 4.74 Å². The Morgan fingerprint density at radius 2 is 1.94 bits per heavy atom. The number of benzene rings is 1. The monoisotopic (exact) mass is 457 g/mol. The fourth-order valence-electron chi connectivity index (χ4n) is 4.25. The van der Waals surface area contributed by atoms with E-state index in [9.17, 15) is 10.0 Å². The number of allylic oxidation sites excluding steroid dienone is 2. The maximum absolute atomic E-state index is 16.0. The minimum atomic E-state index is -0.523. The zero-order valence-corrected chi connectivity index (χ0v) is 18.9. The molecule has 2 aromatic rings. The second-order valence-corrected chi connectivity index (χ2v) is 7.99. The Labute approximate surface area is 191 Å². The number of rotatable bonds is 5. The number of likely N-dealkylation sites (tertiary alicyclic amines) is 1. The quantitative estimate of drug-likeness (QED) is 0.530. The van der Waals surface area contributed by atoms with E-state index in [4.69, 9.17) is 14.6 Å². The lowest BCUT2D eigenvalue weighted by atomic mass is 9.92. The van der Waals surface area contributed by atoms with Crippen LogP contribution in [0.1, 0.15) is 30.1 Å². The molecule has 0 bridgehead atoms. The summed E-state index contributed by atoms with van der Waals surface area (Å²) < 4.78 is 28.4. The van der Waals surface area contributed by atoms with Crippen molar-refractivity contribution >= 4 is 11.6 Å². The van der Waals surface area contributed by atoms with Crippen LogP contribution >= 0.6 is 0 Å². The highest BCUT2D eigenvalue weighted by molar-refractivity contribution is 5.73. The van der Waals surface area contributed by atoms with Crippen LogP contribution in [0, 0.1) is 5.82 Å². The zero-order valence-electron chi connectivity index (χ0n) is 18.9. The van der Waals surface area contributed by atoms with E-state index >= 15 is 4.39 Å². The highest BCUT2D eigenvalue weighted by Crippen LogP contribution is 2.35. The molecule has 1 saturated heterocycles. The Morgan fingerprint density at radius 1 is 1.24 bits per heavy atom. The summed E-state index contributed by atoms with van der Waals surface area (Å²) in [5, 5.41) is 17.8. The van der Waals surface area contributed by atoms with Gasteiger partial charge in [0.25, 0.3) is 0 Å². The number of hydrogen-bond acceptors (Lipinski definition) is 6. The maximum atomic E-state index is 16.0. The van der Waals surface area contributed by atoms with Crippen LogP contribution in [0.25, 0.3) is 11.3 Å². The van der Waals surface area contributed by atoms with Crippen molar-refractivity contribution in [2.75, 3.05) is 34.4 Å². The van der Waals surface area contributed by atoms with Gasteiger partial charge < -0.3 is 19.7 Å². The van der Waals surface area contributed by atoms with Crippen molar-refractivity contribution in [3.05, 3.63) is 59.8 Å². The van der Waals surface area contributed by atoms with E-state index in [0.29, 0.717) is 59.4 Å². The number of carbonyl (C=O) groups is 1. The SMILES string of the molecule is COc1ccc(-n2nc(C3CCN(C(=O)N(C)O)CC3)c(F)c2C2=CC=CNC2OC)cc1. The molecule has 10 heteroatoms. The summed E-state index contributed by atoms with van der Waals surface area (Å²) >= 11 is 0. The first kappa shape index (κ1) is 22.8. The first-order valence-corrected chi connectivity index (χ1v) is 10.7. The van der Waals surface area contributed by atoms with Crippen molar-refractivity contribution in [1.82, 2.24) is 25.1 Å². The molecule has 0 spiro atoms. The maximum Gasteiger partial charge on any atom is 0.343 e. The summed E-state index contributed by atoms with van der Waals surface area (Å²) in [4.78, 5) is 13.6. The van der Waals surface area contributed by atoms with Gasteiger partial charge in [0.15, 0.2) is 12.0 Å². The summed E-state index contributed by atoms with van der Waals surface area (Å²) in [7, 11) is 4.44. The predicted octanol–water partition coefficient (Wildman–Crippen LogP) is 3.11. The molecular formula is C23H28FN5O4. The lowest BCUT2D eigenvalue weighted by Gasteiger charge is -2.32. The summed E-state index contributed by atoms with van der Waals surface area (Å²) in [5.74, 6) is 0.126. The summed E-state index contributed by atoms with van der Waals surface area (Å²) in [6.07, 6.45) is 5.92. The van der Waals surface area contributed by atoms with Crippen LogP contribution in [0.4, 0.5) is 9.18 Å². The van der Waals surface area contributed by atoms with Gasteiger partial charge in [0.05, 0.1) is 12.8 Å². The molecule has 2 amide bonds. The highest BCUT2D eigenvalue weighted by atomic mass is 19.1. The Kier molecular flexibility index (Phi) is 6.66. The van der Waals surface area contributed by atoms with Crippen LogP contribution in [0.5, 0.6) is 5.75 Å². The van der Waals surface area contributed by atoms with Crippen LogP contribution in [0.2, 0.25) is 0 Å². The molecule has 2 N–H and O–H groups in total. The van der Waals surface area contributed by atoms with Crippen molar-refractivity contribution in [2.24, 2.45) is 0 Å². The fourth-order valence-corrected chi connectivity index (χ4v) is 4.25. The Morgan fingerprint density at radius 3 is 2.55 bits per heavy atom. The first-order chi connectivity index (χ1) is 15.9. The number of ether oxygens (including phenoxy) is 2. The summed E-state index contributed by atoms with van der Waals surface area (Å²) in [5.41, 5.74) is 2.00. The molecule has 1 atom stereocenters. The van der Waals surface area contributed by atoms with Gasteiger partial charge in [-0.1, -0.05) is 6.08 Å². The van der Waals surface area contributed by atoms with Crippen LogP contribution in [-0.4, -0.2) is 71.6 Å². The van der Waals surface area contributed by atoms with Gasteiger partial charge in [-0.05, 0) is 49.4 Å². The van der Waals surface area contributed by atoms with Crippen LogP contribution in [0.15, 0.2) is 42.6 Å². The van der Waals surface area contributed by atoms with Crippen LogP contribution in [0.3, 0.4) is 0 Å². The number of hydrogen-bond donors (Lipinski definition) is 2. The van der Waals surface area contributed by atoms with Crippen molar-refractivity contribution in [1.29, 1.82) is 0 Å². The number of nitrogens with one attached hydrogen (secondary N) is 1. The smallest absolute Gasteiger partial charge is 0.343 e. The normalized spacial score (nSPS) is 18.6. The second kappa shape index (κ2) is 9.63. The van der Waals surface area contributed by atoms with Crippen molar-refractivity contribution < 1.29 is 23.9 Å². The molecule has 1 aromatic heterocycles. The molecule has 2 aliphatic heterocycles. The molecule has 33 heavy (non-hydrogen) atoms. The lowest BCUT2D eigenvalue weighted by molar-refractivity contribution is -0.0357. The van der Waals surface area contributed by atoms with Gasteiger partial charge in [0.2, 0.25) is 0 Å². The molecule has 3 heterocycles. The topological polar surface area (TPSA) is 92.1 Å². The molecule has 176 valence electrons. The molecule has 0 saturated carbocycles. The van der Waals surface area contributed by atoms with E-state index < -0.39 is 18.1 Å². The standard InChI is InChI=1S/C23H28FN5O4/c1-27(31)23(30)28-13-10-15(11-14-28)20-19(24)21(18-5-4-12-25-22(18)33-3)29(26-20)16-6-8-17(32-2)9-7-16/h4-9,12,15,22,25,31H,10-11,13-14H2,1-3H3. The lowest BCUT2D eigenvalue weighted by Crippen LogP contribution is -2.43. The molecule has 1 unspecified atom stereocenters.